The number of methoxy groups -OCH3 is 1. The minimum Gasteiger partial charge on any atom is -0.496 e. The largest absolute Gasteiger partial charge is 0.496 e. The summed E-state index contributed by atoms with van der Waals surface area (Å²) in [4.78, 5) is 4.15. The Morgan fingerprint density at radius 3 is 2.82 bits per heavy atom. The van der Waals surface area contributed by atoms with Gasteiger partial charge in [0.2, 0.25) is 5.89 Å². The lowest BCUT2D eigenvalue weighted by Gasteiger charge is -2.05. The Hall–Kier alpha value is -1.55. The summed E-state index contributed by atoms with van der Waals surface area (Å²) in [5, 5.41) is 3.74. The highest BCUT2D eigenvalue weighted by molar-refractivity contribution is 6.16. The molecule has 5 heteroatoms. The molecule has 0 bridgehead atoms. The van der Waals surface area contributed by atoms with Crippen molar-refractivity contribution in [2.45, 2.75) is 18.7 Å². The third-order valence-electron chi connectivity index (χ3n) is 2.43. The molecule has 0 spiro atoms. The predicted molar refractivity (Wildman–Crippen MR) is 64.3 cm³/mol. The molecule has 17 heavy (non-hydrogen) atoms. The Kier molecular flexibility index (Phi) is 3.98. The third-order valence-corrected chi connectivity index (χ3v) is 2.67. The molecule has 0 saturated heterocycles. The van der Waals surface area contributed by atoms with E-state index in [9.17, 15) is 0 Å². The maximum atomic E-state index is 5.60. The summed E-state index contributed by atoms with van der Waals surface area (Å²) in [5.41, 5.74) is 1.13. The van der Waals surface area contributed by atoms with Gasteiger partial charge in [-0.3, -0.25) is 0 Å². The lowest BCUT2D eigenvalue weighted by molar-refractivity contribution is 0.372. The third kappa shape index (κ3) is 2.97. The lowest BCUT2D eigenvalue weighted by Crippen LogP contribution is -1.95. The Bertz CT molecular complexity index is 485. The van der Waals surface area contributed by atoms with Crippen molar-refractivity contribution in [2.24, 2.45) is 0 Å². The van der Waals surface area contributed by atoms with Gasteiger partial charge in [0.05, 0.1) is 13.0 Å². The van der Waals surface area contributed by atoms with Crippen LogP contribution in [0.5, 0.6) is 5.75 Å². The van der Waals surface area contributed by atoms with E-state index >= 15 is 0 Å². The number of hydrogen-bond acceptors (Lipinski definition) is 4. The molecule has 0 N–H and O–H groups in total. The second-order valence-electron chi connectivity index (χ2n) is 3.55. The Balaban J connectivity index is 2.01. The molecule has 0 amide bonds. The number of benzene rings is 1. The zero-order chi connectivity index (χ0) is 12.1. The molecule has 2 aromatic rings. The number of rotatable bonds is 5. The summed E-state index contributed by atoms with van der Waals surface area (Å²) < 4.78 is 10.3. The van der Waals surface area contributed by atoms with Crippen LogP contribution in [-0.4, -0.2) is 17.3 Å². The fraction of sp³-hybridized carbons (Fsp3) is 0.333. The Labute approximate surface area is 105 Å². The number of alkyl halides is 1. The maximum Gasteiger partial charge on any atom is 0.227 e. The van der Waals surface area contributed by atoms with Crippen LogP contribution >= 0.6 is 11.6 Å². The van der Waals surface area contributed by atoms with Gasteiger partial charge in [-0.15, -0.1) is 11.6 Å². The van der Waals surface area contributed by atoms with Crippen LogP contribution in [0.4, 0.5) is 0 Å². The van der Waals surface area contributed by atoms with E-state index in [4.69, 9.17) is 20.9 Å². The van der Waals surface area contributed by atoms with Gasteiger partial charge in [0, 0.05) is 6.42 Å². The van der Waals surface area contributed by atoms with Gasteiger partial charge >= 0.3 is 0 Å². The number of aromatic nitrogens is 2. The van der Waals surface area contributed by atoms with Crippen molar-refractivity contribution in [1.82, 2.24) is 10.1 Å². The summed E-state index contributed by atoms with van der Waals surface area (Å²) in [6.45, 7) is 0. The van der Waals surface area contributed by atoms with E-state index in [-0.39, 0.29) is 5.88 Å². The Morgan fingerprint density at radius 1 is 1.29 bits per heavy atom. The summed E-state index contributed by atoms with van der Waals surface area (Å²) >= 11 is 5.60. The number of nitrogens with zero attached hydrogens (tertiary/aromatic N) is 2. The monoisotopic (exact) mass is 252 g/mol. The molecule has 1 aromatic heterocycles. The number of ether oxygens (including phenoxy) is 1. The van der Waals surface area contributed by atoms with Crippen LogP contribution in [0.25, 0.3) is 0 Å². The van der Waals surface area contributed by atoms with Gasteiger partial charge in [-0.25, -0.2) is 0 Å². The number of aryl methyl sites for hydroxylation is 2. The second kappa shape index (κ2) is 5.68. The van der Waals surface area contributed by atoms with Crippen LogP contribution in [0, 0.1) is 0 Å². The summed E-state index contributed by atoms with van der Waals surface area (Å²) in [5.74, 6) is 2.29. The first kappa shape index (κ1) is 11.9. The van der Waals surface area contributed by atoms with Crippen LogP contribution in [0.1, 0.15) is 17.3 Å². The van der Waals surface area contributed by atoms with Crippen LogP contribution in [0.3, 0.4) is 0 Å². The van der Waals surface area contributed by atoms with Crippen molar-refractivity contribution in [2.75, 3.05) is 7.11 Å². The van der Waals surface area contributed by atoms with E-state index in [1.165, 1.54) is 0 Å². The zero-order valence-corrected chi connectivity index (χ0v) is 10.3. The normalized spacial score (nSPS) is 10.5. The minimum atomic E-state index is 0.276. The molecule has 1 aromatic carbocycles. The highest BCUT2D eigenvalue weighted by Gasteiger charge is 2.07. The number of halogens is 1. The van der Waals surface area contributed by atoms with Gasteiger partial charge < -0.3 is 9.26 Å². The maximum absolute atomic E-state index is 5.60. The molecule has 0 saturated carbocycles. The fourth-order valence-corrected chi connectivity index (χ4v) is 1.71. The van der Waals surface area contributed by atoms with E-state index < -0.39 is 0 Å². The van der Waals surface area contributed by atoms with E-state index in [1.54, 1.807) is 7.11 Å². The van der Waals surface area contributed by atoms with Crippen LogP contribution < -0.4 is 4.74 Å². The van der Waals surface area contributed by atoms with Gasteiger partial charge in [-0.05, 0) is 18.1 Å². The molecule has 0 aliphatic carbocycles. The quantitative estimate of drug-likeness (QED) is 0.768. The average Bonchev–Trinajstić information content (AvgIpc) is 2.84. The van der Waals surface area contributed by atoms with Crippen molar-refractivity contribution in [3.05, 3.63) is 41.5 Å². The van der Waals surface area contributed by atoms with Crippen LogP contribution in [0.15, 0.2) is 28.8 Å². The van der Waals surface area contributed by atoms with E-state index in [2.05, 4.69) is 10.1 Å². The molecule has 2 rings (SSSR count). The van der Waals surface area contributed by atoms with Gasteiger partial charge in [0.1, 0.15) is 5.75 Å². The van der Waals surface area contributed by atoms with Gasteiger partial charge in [-0.1, -0.05) is 23.4 Å². The molecule has 0 radical (unpaired) electrons. The molecule has 1 heterocycles. The van der Waals surface area contributed by atoms with Crippen LogP contribution in [0.2, 0.25) is 0 Å². The first-order valence-corrected chi connectivity index (χ1v) is 5.86. The highest BCUT2D eigenvalue weighted by Crippen LogP contribution is 2.19. The molecular formula is C12H13ClN2O2. The van der Waals surface area contributed by atoms with E-state index in [0.717, 1.165) is 17.7 Å². The lowest BCUT2D eigenvalue weighted by atomic mass is 10.1. The molecule has 90 valence electrons. The topological polar surface area (TPSA) is 48.2 Å². The molecule has 0 fully saturated rings. The Morgan fingerprint density at radius 2 is 2.12 bits per heavy atom. The van der Waals surface area contributed by atoms with E-state index in [1.807, 2.05) is 24.3 Å². The average molecular weight is 253 g/mol. The minimum absolute atomic E-state index is 0.276. The van der Waals surface area contributed by atoms with Gasteiger partial charge in [0.25, 0.3) is 0 Å². The number of hydrogen-bond donors (Lipinski definition) is 0. The molecule has 0 unspecified atom stereocenters. The molecule has 4 nitrogen and oxygen atoms in total. The van der Waals surface area contributed by atoms with Crippen molar-refractivity contribution < 1.29 is 9.26 Å². The van der Waals surface area contributed by atoms with Crippen molar-refractivity contribution in [3.63, 3.8) is 0 Å². The smallest absolute Gasteiger partial charge is 0.227 e. The van der Waals surface area contributed by atoms with Crippen molar-refractivity contribution in [1.29, 1.82) is 0 Å². The summed E-state index contributed by atoms with van der Waals surface area (Å²) in [7, 11) is 1.66. The number of para-hydroxylation sites is 1. The van der Waals surface area contributed by atoms with Gasteiger partial charge in [0.15, 0.2) is 5.82 Å². The highest BCUT2D eigenvalue weighted by atomic mass is 35.5. The van der Waals surface area contributed by atoms with Gasteiger partial charge in [-0.2, -0.15) is 4.98 Å². The van der Waals surface area contributed by atoms with Crippen molar-refractivity contribution in [3.8, 4) is 5.75 Å². The van der Waals surface area contributed by atoms with Crippen LogP contribution in [-0.2, 0) is 18.7 Å². The molecule has 0 aliphatic rings. The molecule has 0 atom stereocenters. The zero-order valence-electron chi connectivity index (χ0n) is 9.52. The first-order chi connectivity index (χ1) is 8.33. The fourth-order valence-electron chi connectivity index (χ4n) is 1.60. The van der Waals surface area contributed by atoms with Crippen molar-refractivity contribution >= 4 is 11.6 Å². The molecular weight excluding hydrogens is 240 g/mol. The predicted octanol–water partition coefficient (Wildman–Crippen LogP) is 2.60. The second-order valence-corrected chi connectivity index (χ2v) is 3.82. The summed E-state index contributed by atoms with van der Waals surface area (Å²) in [6.07, 6.45) is 1.48. The SMILES string of the molecule is COc1ccccc1CCc1nc(CCl)no1. The standard InChI is InChI=1S/C12H13ClN2O2/c1-16-10-5-3-2-4-9(10)6-7-12-14-11(8-13)15-17-12/h2-5H,6-8H2,1H3. The first-order valence-electron chi connectivity index (χ1n) is 5.33. The molecule has 0 aliphatic heterocycles. The van der Waals surface area contributed by atoms with E-state index in [0.29, 0.717) is 18.1 Å². The summed E-state index contributed by atoms with van der Waals surface area (Å²) in [6, 6.07) is 7.89.